The van der Waals surface area contributed by atoms with Crippen LogP contribution >= 0.6 is 0 Å². The van der Waals surface area contributed by atoms with Gasteiger partial charge in [-0.05, 0) is 62.7 Å². The van der Waals surface area contributed by atoms with Crippen LogP contribution in [0.2, 0.25) is 18.1 Å². The van der Waals surface area contributed by atoms with Gasteiger partial charge in [-0.3, -0.25) is 9.69 Å². The van der Waals surface area contributed by atoms with Gasteiger partial charge in [0.15, 0.2) is 18.2 Å². The van der Waals surface area contributed by atoms with Crippen molar-refractivity contribution in [1.82, 2.24) is 4.90 Å². The first-order valence-corrected chi connectivity index (χ1v) is 18.4. The molecule has 226 valence electrons. The Morgan fingerprint density at radius 2 is 1.71 bits per heavy atom. The lowest BCUT2D eigenvalue weighted by molar-refractivity contribution is -0.120. The zero-order valence-electron chi connectivity index (χ0n) is 25.5. The number of halogens is 1. The molecule has 0 radical (unpaired) electrons. The van der Waals surface area contributed by atoms with E-state index in [1.165, 1.54) is 23.1 Å². The Bertz CT molecular complexity index is 1400. The molecule has 1 heterocycles. The molecule has 1 aliphatic rings. The molecule has 1 saturated heterocycles. The maximum Gasteiger partial charge on any atom is 0.411 e. The van der Waals surface area contributed by atoms with Gasteiger partial charge in [0.2, 0.25) is 5.91 Å². The zero-order valence-corrected chi connectivity index (χ0v) is 27.3. The average molecular weight is 607 g/mol. The van der Waals surface area contributed by atoms with Crippen LogP contribution in [-0.4, -0.2) is 63.7 Å². The van der Waals surface area contributed by atoms with E-state index in [-0.39, 0.29) is 40.4 Å². The van der Waals surface area contributed by atoms with Gasteiger partial charge in [0.05, 0.1) is 22.4 Å². The molecule has 0 aromatic heterocycles. The largest absolute Gasteiger partial charge is 0.444 e. The summed E-state index contributed by atoms with van der Waals surface area (Å²) in [6, 6.07) is 9.66. The van der Waals surface area contributed by atoms with Gasteiger partial charge in [-0.1, -0.05) is 52.0 Å². The van der Waals surface area contributed by atoms with Gasteiger partial charge in [0, 0.05) is 18.5 Å². The summed E-state index contributed by atoms with van der Waals surface area (Å²) in [5, 5.41) is 2.56. The van der Waals surface area contributed by atoms with Crippen LogP contribution in [0.25, 0.3) is 11.1 Å². The van der Waals surface area contributed by atoms with Crippen LogP contribution in [0.4, 0.5) is 14.9 Å². The minimum atomic E-state index is -3.54. The standard InChI is InChI=1S/C30H43FN2O6SSi/c1-10-40(36,37)26-14-12-11-13-22(26)20-15-16-24(23(31)17-20)32-27(34)25-18-21(39-41(8,9)30(5,6)7)19-33(25)28(35)38-29(2,3)4/h11-17,21,25H,10,18-19H2,1-9H3,(H,32,34)/t21-,25-/m1/s1. The van der Waals surface area contributed by atoms with Crippen molar-refractivity contribution in [1.29, 1.82) is 0 Å². The second-order valence-corrected chi connectivity index (χ2v) is 20.0. The van der Waals surface area contributed by atoms with Gasteiger partial charge < -0.3 is 14.5 Å². The molecule has 11 heteroatoms. The van der Waals surface area contributed by atoms with Crippen molar-refractivity contribution in [2.24, 2.45) is 0 Å². The van der Waals surface area contributed by atoms with Gasteiger partial charge in [0.1, 0.15) is 17.5 Å². The maximum atomic E-state index is 15.3. The highest BCUT2D eigenvalue weighted by molar-refractivity contribution is 7.91. The number of amides is 2. The highest BCUT2D eigenvalue weighted by Crippen LogP contribution is 2.39. The topological polar surface area (TPSA) is 102 Å². The van der Waals surface area contributed by atoms with Crippen molar-refractivity contribution >= 4 is 35.8 Å². The first-order valence-electron chi connectivity index (χ1n) is 13.9. The smallest absolute Gasteiger partial charge is 0.411 e. The summed E-state index contributed by atoms with van der Waals surface area (Å²) < 4.78 is 52.6. The number of nitrogens with zero attached hydrogens (tertiary/aromatic N) is 1. The minimum Gasteiger partial charge on any atom is -0.444 e. The number of carbonyl (C=O) groups is 2. The minimum absolute atomic E-state index is 0.0654. The molecular formula is C30H43FN2O6SSi. The molecular weight excluding hydrogens is 563 g/mol. The summed E-state index contributed by atoms with van der Waals surface area (Å²) in [7, 11) is -5.74. The van der Waals surface area contributed by atoms with E-state index < -0.39 is 47.6 Å². The Labute approximate surface area is 244 Å². The van der Waals surface area contributed by atoms with Crippen LogP contribution in [0.5, 0.6) is 0 Å². The van der Waals surface area contributed by atoms with Crippen molar-refractivity contribution in [3.63, 3.8) is 0 Å². The summed E-state index contributed by atoms with van der Waals surface area (Å²) in [6.45, 7) is 17.6. The van der Waals surface area contributed by atoms with Gasteiger partial charge >= 0.3 is 6.09 Å². The van der Waals surface area contributed by atoms with Crippen molar-refractivity contribution in [2.75, 3.05) is 17.6 Å². The molecule has 1 N–H and O–H groups in total. The van der Waals surface area contributed by atoms with E-state index in [0.29, 0.717) is 11.1 Å². The van der Waals surface area contributed by atoms with E-state index in [9.17, 15) is 18.0 Å². The number of nitrogens with one attached hydrogen (secondary N) is 1. The lowest BCUT2D eigenvalue weighted by Crippen LogP contribution is -2.46. The van der Waals surface area contributed by atoms with Crippen LogP contribution < -0.4 is 5.32 Å². The van der Waals surface area contributed by atoms with E-state index in [2.05, 4.69) is 39.2 Å². The summed E-state index contributed by atoms with van der Waals surface area (Å²) in [4.78, 5) is 28.1. The molecule has 3 rings (SSSR count). The van der Waals surface area contributed by atoms with E-state index in [1.54, 1.807) is 52.0 Å². The number of anilines is 1. The first kappa shape index (κ1) is 32.7. The molecule has 8 nitrogen and oxygen atoms in total. The third-order valence-corrected chi connectivity index (χ3v) is 13.9. The van der Waals surface area contributed by atoms with Crippen LogP contribution in [0.3, 0.4) is 0 Å². The molecule has 0 spiro atoms. The number of hydrogen-bond donors (Lipinski definition) is 1. The highest BCUT2D eigenvalue weighted by Gasteiger charge is 2.46. The molecule has 1 fully saturated rings. The van der Waals surface area contributed by atoms with Crippen molar-refractivity contribution in [2.45, 2.75) is 95.7 Å². The second kappa shape index (κ2) is 11.8. The first-order chi connectivity index (χ1) is 18.8. The van der Waals surface area contributed by atoms with E-state index >= 15 is 4.39 Å². The summed E-state index contributed by atoms with van der Waals surface area (Å²) in [6.07, 6.45) is -0.758. The predicted molar refractivity (Wildman–Crippen MR) is 162 cm³/mol. The predicted octanol–water partition coefficient (Wildman–Crippen LogP) is 6.62. The zero-order chi connectivity index (χ0) is 31.0. The quantitative estimate of drug-likeness (QED) is 0.355. The van der Waals surface area contributed by atoms with Gasteiger partial charge in [-0.25, -0.2) is 17.6 Å². The number of hydrogen-bond acceptors (Lipinski definition) is 6. The molecule has 2 atom stereocenters. The Morgan fingerprint density at radius 1 is 1.07 bits per heavy atom. The van der Waals surface area contributed by atoms with E-state index in [4.69, 9.17) is 9.16 Å². The Morgan fingerprint density at radius 3 is 2.27 bits per heavy atom. The van der Waals surface area contributed by atoms with Crippen LogP contribution in [-0.2, 0) is 23.8 Å². The lowest BCUT2D eigenvalue weighted by atomic mass is 10.0. The second-order valence-electron chi connectivity index (χ2n) is 13.0. The number of likely N-dealkylation sites (tertiary alicyclic amines) is 1. The maximum absolute atomic E-state index is 15.3. The lowest BCUT2D eigenvalue weighted by Gasteiger charge is -2.38. The fourth-order valence-corrected chi connectivity index (χ4v) is 6.85. The van der Waals surface area contributed by atoms with Crippen LogP contribution in [0.1, 0.15) is 54.9 Å². The number of benzene rings is 2. The van der Waals surface area contributed by atoms with Crippen LogP contribution in [0.15, 0.2) is 47.4 Å². The number of sulfone groups is 1. The highest BCUT2D eigenvalue weighted by atomic mass is 32.2. The molecule has 2 amide bonds. The van der Waals surface area contributed by atoms with E-state index in [0.717, 1.165) is 0 Å². The number of ether oxygens (including phenoxy) is 1. The number of carbonyl (C=O) groups excluding carboxylic acids is 2. The SMILES string of the molecule is CCS(=O)(=O)c1ccccc1-c1ccc(NC(=O)[C@H]2C[C@@H](O[Si](C)(C)C(C)(C)C)CN2C(=O)OC(C)(C)C)c(F)c1. The Balaban J connectivity index is 1.87. The van der Waals surface area contributed by atoms with Gasteiger partial charge in [-0.2, -0.15) is 0 Å². The molecule has 2 aromatic rings. The normalized spacial score (nSPS) is 18.3. The fraction of sp³-hybridized carbons (Fsp3) is 0.533. The molecule has 1 aliphatic heterocycles. The van der Waals surface area contributed by atoms with Crippen molar-refractivity contribution < 1.29 is 31.6 Å². The molecule has 2 aromatic carbocycles. The monoisotopic (exact) mass is 606 g/mol. The van der Waals surface area contributed by atoms with Crippen molar-refractivity contribution in [3.8, 4) is 11.1 Å². The molecule has 0 bridgehead atoms. The summed E-state index contributed by atoms with van der Waals surface area (Å²) in [5.41, 5.74) is -0.0942. The molecule has 0 unspecified atom stereocenters. The van der Waals surface area contributed by atoms with Crippen LogP contribution in [0, 0.1) is 5.82 Å². The van der Waals surface area contributed by atoms with Gasteiger partial charge in [0.25, 0.3) is 0 Å². The summed E-state index contributed by atoms with van der Waals surface area (Å²) in [5.74, 6) is -1.37. The average Bonchev–Trinajstić information content (AvgIpc) is 3.27. The van der Waals surface area contributed by atoms with Crippen molar-refractivity contribution in [3.05, 3.63) is 48.3 Å². The van der Waals surface area contributed by atoms with E-state index in [1.807, 2.05) is 0 Å². The fourth-order valence-electron chi connectivity index (χ4n) is 4.38. The summed E-state index contributed by atoms with van der Waals surface area (Å²) >= 11 is 0. The van der Waals surface area contributed by atoms with Gasteiger partial charge in [-0.15, -0.1) is 0 Å². The molecule has 0 saturated carbocycles. The molecule has 41 heavy (non-hydrogen) atoms. The third-order valence-electron chi connectivity index (χ3n) is 7.60. The third kappa shape index (κ3) is 7.75. The number of rotatable bonds is 7. The Hall–Kier alpha value is -2.76. The Kier molecular flexibility index (Phi) is 9.46. The molecule has 0 aliphatic carbocycles.